The van der Waals surface area contributed by atoms with E-state index in [0.29, 0.717) is 40.5 Å². The van der Waals surface area contributed by atoms with E-state index in [4.69, 9.17) is 0 Å². The zero-order chi connectivity index (χ0) is 23.4. The van der Waals surface area contributed by atoms with Crippen molar-refractivity contribution in [3.8, 4) is 0 Å². The molecule has 1 atom stereocenters. The van der Waals surface area contributed by atoms with Gasteiger partial charge in [0, 0.05) is 35.5 Å². The molecule has 2 aromatic heterocycles. The van der Waals surface area contributed by atoms with Gasteiger partial charge in [-0.15, -0.1) is 0 Å². The Morgan fingerprint density at radius 2 is 2.03 bits per heavy atom. The summed E-state index contributed by atoms with van der Waals surface area (Å²) in [7, 11) is 0. The molecule has 1 N–H and O–H groups in total. The Morgan fingerprint density at radius 3 is 2.67 bits per heavy atom. The lowest BCUT2D eigenvalue weighted by molar-refractivity contribution is -0.151. The van der Waals surface area contributed by atoms with Crippen molar-refractivity contribution in [2.45, 2.75) is 41.7 Å². The molecule has 0 saturated carbocycles. The molecular formula is C20H18F4N6OS2. The average molecular weight is 499 g/mol. The van der Waals surface area contributed by atoms with E-state index in [1.165, 1.54) is 18.1 Å². The molecule has 1 aromatic carbocycles. The van der Waals surface area contributed by atoms with Crippen molar-refractivity contribution in [2.75, 3.05) is 23.3 Å². The maximum Gasteiger partial charge on any atom is 0.395 e. The second-order valence-corrected chi connectivity index (χ2v) is 9.17. The van der Waals surface area contributed by atoms with Crippen molar-refractivity contribution in [1.29, 1.82) is 0 Å². The molecule has 33 heavy (non-hydrogen) atoms. The normalized spacial score (nSPS) is 16.2. The highest BCUT2D eigenvalue weighted by Gasteiger charge is 2.30. The van der Waals surface area contributed by atoms with Gasteiger partial charge in [0.25, 0.3) is 0 Å². The summed E-state index contributed by atoms with van der Waals surface area (Å²) in [6.07, 6.45) is -5.30. The molecule has 0 aliphatic carbocycles. The summed E-state index contributed by atoms with van der Waals surface area (Å²) in [6, 6.07) is 8.33. The van der Waals surface area contributed by atoms with E-state index < -0.39 is 24.6 Å². The highest BCUT2D eigenvalue weighted by molar-refractivity contribution is 7.99. The minimum absolute atomic E-state index is 0.250. The minimum atomic E-state index is -4.51. The van der Waals surface area contributed by atoms with E-state index in [9.17, 15) is 22.4 Å². The van der Waals surface area contributed by atoms with E-state index in [2.05, 4.69) is 24.6 Å². The lowest BCUT2D eigenvalue weighted by atomic mass is 10.1. The van der Waals surface area contributed by atoms with Gasteiger partial charge in [-0.1, -0.05) is 12.1 Å². The van der Waals surface area contributed by atoms with Gasteiger partial charge in [0.1, 0.15) is 36.3 Å². The molecule has 0 radical (unpaired) electrons. The Bertz CT molecular complexity index is 1090. The van der Waals surface area contributed by atoms with Crippen LogP contribution in [0.2, 0.25) is 0 Å². The van der Waals surface area contributed by atoms with Gasteiger partial charge in [-0.05, 0) is 35.9 Å². The smallest absolute Gasteiger partial charge is 0.353 e. The summed E-state index contributed by atoms with van der Waals surface area (Å²) < 4.78 is 54.7. The SMILES string of the molecule is O=C(Cc1ccc(Sc2nc(Nc3ncns3)cc(N3CC[C@H](F)C3)n2)cc1)CC(F)(F)F. The van der Waals surface area contributed by atoms with Crippen LogP contribution in [0, 0.1) is 0 Å². The highest BCUT2D eigenvalue weighted by atomic mass is 32.2. The molecule has 1 fully saturated rings. The maximum atomic E-state index is 13.7. The van der Waals surface area contributed by atoms with Crippen LogP contribution < -0.4 is 10.2 Å². The number of Topliss-reactive ketones (excluding diaryl/α,β-unsaturated/α-hetero) is 1. The molecule has 1 aliphatic heterocycles. The molecule has 4 rings (SSSR count). The van der Waals surface area contributed by atoms with Crippen molar-refractivity contribution in [3.05, 3.63) is 42.2 Å². The van der Waals surface area contributed by atoms with E-state index in [1.54, 1.807) is 30.3 Å². The van der Waals surface area contributed by atoms with Gasteiger partial charge in [-0.25, -0.2) is 19.3 Å². The lowest BCUT2D eigenvalue weighted by Crippen LogP contribution is -2.21. The summed E-state index contributed by atoms with van der Waals surface area (Å²) in [4.78, 5) is 27.3. The monoisotopic (exact) mass is 498 g/mol. The molecule has 0 amide bonds. The molecular weight excluding hydrogens is 480 g/mol. The van der Waals surface area contributed by atoms with Crippen LogP contribution in [0.5, 0.6) is 0 Å². The van der Waals surface area contributed by atoms with E-state index in [1.807, 2.05) is 4.90 Å². The third kappa shape index (κ3) is 6.84. The minimum Gasteiger partial charge on any atom is -0.353 e. The molecule has 174 valence electrons. The predicted molar refractivity (Wildman–Crippen MR) is 117 cm³/mol. The second-order valence-electron chi connectivity index (χ2n) is 7.35. The van der Waals surface area contributed by atoms with Crippen LogP contribution in [0.1, 0.15) is 18.4 Å². The van der Waals surface area contributed by atoms with Gasteiger partial charge in [0.05, 0.1) is 6.54 Å². The van der Waals surface area contributed by atoms with Crippen LogP contribution in [0.3, 0.4) is 0 Å². The Morgan fingerprint density at radius 1 is 1.24 bits per heavy atom. The van der Waals surface area contributed by atoms with Crippen LogP contribution in [-0.2, 0) is 11.2 Å². The van der Waals surface area contributed by atoms with E-state index >= 15 is 0 Å². The Balaban J connectivity index is 1.49. The number of halogens is 4. The van der Waals surface area contributed by atoms with Crippen LogP contribution in [-0.4, -0.2) is 50.5 Å². The van der Waals surface area contributed by atoms with Gasteiger partial charge >= 0.3 is 6.18 Å². The zero-order valence-electron chi connectivity index (χ0n) is 17.0. The van der Waals surface area contributed by atoms with E-state index in [0.717, 1.165) is 16.4 Å². The van der Waals surface area contributed by atoms with Crippen molar-refractivity contribution in [1.82, 2.24) is 19.3 Å². The fourth-order valence-corrected chi connectivity index (χ4v) is 4.45. The third-order valence-electron chi connectivity index (χ3n) is 4.67. The van der Waals surface area contributed by atoms with Crippen molar-refractivity contribution in [3.63, 3.8) is 0 Å². The van der Waals surface area contributed by atoms with Gasteiger partial charge in [-0.2, -0.15) is 17.5 Å². The highest BCUT2D eigenvalue weighted by Crippen LogP contribution is 2.31. The number of aromatic nitrogens is 4. The summed E-state index contributed by atoms with van der Waals surface area (Å²) in [5.41, 5.74) is 0.493. The number of carbonyl (C=O) groups is 1. The zero-order valence-corrected chi connectivity index (χ0v) is 18.7. The van der Waals surface area contributed by atoms with E-state index in [-0.39, 0.29) is 13.0 Å². The Hall–Kier alpha value is -2.80. The number of benzene rings is 1. The number of hydrogen-bond acceptors (Lipinski definition) is 9. The number of alkyl halides is 4. The molecule has 3 aromatic rings. The van der Waals surface area contributed by atoms with Gasteiger partial charge < -0.3 is 10.2 Å². The molecule has 0 spiro atoms. The van der Waals surface area contributed by atoms with Gasteiger partial charge in [-0.3, -0.25) is 4.79 Å². The first kappa shape index (κ1) is 23.4. The topological polar surface area (TPSA) is 83.9 Å². The number of nitrogens with one attached hydrogen (secondary N) is 1. The van der Waals surface area contributed by atoms with Crippen molar-refractivity contribution in [2.24, 2.45) is 0 Å². The molecule has 0 bridgehead atoms. The second kappa shape index (κ2) is 10.00. The molecule has 3 heterocycles. The fourth-order valence-electron chi connectivity index (χ4n) is 3.24. The lowest BCUT2D eigenvalue weighted by Gasteiger charge is -2.18. The first-order valence-electron chi connectivity index (χ1n) is 9.90. The van der Waals surface area contributed by atoms with Crippen LogP contribution in [0.25, 0.3) is 0 Å². The molecule has 1 saturated heterocycles. The molecule has 13 heteroatoms. The largest absolute Gasteiger partial charge is 0.395 e. The van der Waals surface area contributed by atoms with Gasteiger partial charge in [0.15, 0.2) is 5.16 Å². The first-order valence-corrected chi connectivity index (χ1v) is 11.5. The van der Waals surface area contributed by atoms with Gasteiger partial charge in [0.2, 0.25) is 5.13 Å². The number of carbonyl (C=O) groups excluding carboxylic acids is 1. The van der Waals surface area contributed by atoms with Crippen LogP contribution in [0.4, 0.5) is 34.3 Å². The number of anilines is 3. The van der Waals surface area contributed by atoms with Crippen molar-refractivity contribution < 1.29 is 22.4 Å². The first-order chi connectivity index (χ1) is 15.7. The number of hydrogen-bond donors (Lipinski definition) is 1. The summed E-state index contributed by atoms with van der Waals surface area (Å²) >= 11 is 2.41. The van der Waals surface area contributed by atoms with Crippen LogP contribution in [0.15, 0.2) is 46.7 Å². The summed E-state index contributed by atoms with van der Waals surface area (Å²) in [6.45, 7) is 0.793. The predicted octanol–water partition coefficient (Wildman–Crippen LogP) is 4.84. The summed E-state index contributed by atoms with van der Waals surface area (Å²) in [5, 5.41) is 4.02. The molecule has 7 nitrogen and oxygen atoms in total. The molecule has 1 aliphatic rings. The summed E-state index contributed by atoms with van der Waals surface area (Å²) in [5.74, 6) is 0.174. The quantitative estimate of drug-likeness (QED) is 0.349. The number of rotatable bonds is 8. The van der Waals surface area contributed by atoms with Crippen molar-refractivity contribution >= 4 is 45.8 Å². The Labute approximate surface area is 194 Å². The number of ketones is 1. The molecule has 0 unspecified atom stereocenters. The standard InChI is InChI=1S/C20H18F4N6OS2/c21-13-5-6-30(10-13)17-8-16(27-18-25-11-26-33-18)28-19(29-17)32-15-3-1-12(2-4-15)7-14(31)9-20(22,23)24/h1-4,8,11,13H,5-7,9-10H2,(H,25,26,27,28,29)/t13-/m0/s1. The number of nitrogens with zero attached hydrogens (tertiary/aromatic N) is 5. The maximum absolute atomic E-state index is 13.7. The third-order valence-corrected chi connectivity index (χ3v) is 6.13. The average Bonchev–Trinajstić information content (AvgIpc) is 3.40. The Kier molecular flexibility index (Phi) is 7.08. The fraction of sp³-hybridized carbons (Fsp3) is 0.350. The van der Waals surface area contributed by atoms with Crippen LogP contribution >= 0.6 is 23.3 Å².